The Morgan fingerprint density at radius 3 is 1.30 bits per heavy atom. The van der Waals surface area contributed by atoms with E-state index in [-0.39, 0.29) is 24.5 Å². The summed E-state index contributed by atoms with van der Waals surface area (Å²) < 4.78 is 3.62. The molecule has 0 aliphatic heterocycles. The van der Waals surface area contributed by atoms with Gasteiger partial charge in [-0.2, -0.15) is 10.2 Å². The van der Waals surface area contributed by atoms with Gasteiger partial charge in [-0.15, -0.1) is 12.4 Å². The van der Waals surface area contributed by atoms with Crippen LogP contribution >= 0.6 is 12.4 Å². The first-order chi connectivity index (χ1) is 21.9. The number of carbonyl (C=O) groups is 2. The molecule has 0 aliphatic carbocycles. The van der Waals surface area contributed by atoms with Gasteiger partial charge in [-0.1, -0.05) is 95.3 Å². The summed E-state index contributed by atoms with van der Waals surface area (Å²) >= 11 is 0. The second kappa shape index (κ2) is 24.0. The van der Waals surface area contributed by atoms with Crippen molar-refractivity contribution in [2.24, 2.45) is 0 Å². The van der Waals surface area contributed by atoms with E-state index in [1.807, 2.05) is 82.4 Å². The van der Waals surface area contributed by atoms with Gasteiger partial charge in [0.25, 0.3) is 0 Å². The van der Waals surface area contributed by atoms with Crippen molar-refractivity contribution in [2.45, 2.75) is 73.6 Å². The fourth-order valence-corrected chi connectivity index (χ4v) is 4.14. The molecule has 0 atom stereocenters. The molecule has 4 N–H and O–H groups in total. The molecule has 11 nitrogen and oxygen atoms in total. The summed E-state index contributed by atoms with van der Waals surface area (Å²) in [6.45, 7) is 17.0. The lowest BCUT2D eigenvalue weighted by molar-refractivity contribution is 0.251. The minimum Gasteiger partial charge on any atom is -0.334 e. The lowest BCUT2D eigenvalue weighted by Gasteiger charge is -2.13. The topological polar surface area (TPSA) is 121 Å². The molecule has 2 heterocycles. The quantitative estimate of drug-likeness (QED) is 0.124. The highest BCUT2D eigenvalue weighted by Crippen LogP contribution is 2.06. The van der Waals surface area contributed by atoms with Gasteiger partial charge < -0.3 is 26.2 Å². The summed E-state index contributed by atoms with van der Waals surface area (Å²) in [5.74, 6) is 0. The summed E-state index contributed by atoms with van der Waals surface area (Å²) in [5, 5.41) is 19.4. The minimum absolute atomic E-state index is 0. The average Bonchev–Trinajstić information content (AvgIpc) is 3.70. The van der Waals surface area contributed by atoms with Gasteiger partial charge in [0.2, 0.25) is 0 Å². The molecular weight excluding hydrogens is 602 g/mol. The molecule has 0 fully saturated rings. The lowest BCUT2D eigenvalue weighted by atomic mass is 10.2. The standard InChI is InChI=1S/2C14H18N4O.C6H15N.ClH/c2*1-2-8-18-11-13(10-16-18)17-14(19)15-9-12-6-4-3-5-7-12;1-4-7(5-2)6-3;/h2*3-7,10-11H,2,8-9H2,1H3,(H2,15,17,19);4-6H2,1-3H3;1H. The first-order valence-electron chi connectivity index (χ1n) is 15.8. The maximum Gasteiger partial charge on any atom is 0.319 e. The fourth-order valence-electron chi connectivity index (χ4n) is 4.14. The molecule has 0 spiro atoms. The molecule has 0 radical (unpaired) electrons. The molecule has 0 saturated carbocycles. The summed E-state index contributed by atoms with van der Waals surface area (Å²) in [7, 11) is 0. The second-order valence-corrected chi connectivity index (χ2v) is 10.2. The number of benzene rings is 2. The number of nitrogens with zero attached hydrogens (tertiary/aromatic N) is 5. The molecule has 0 unspecified atom stereocenters. The fraction of sp³-hybridized carbons (Fsp3) is 0.412. The molecule has 46 heavy (non-hydrogen) atoms. The van der Waals surface area contributed by atoms with E-state index in [1.165, 1.54) is 19.6 Å². The number of carbonyl (C=O) groups excluding carboxylic acids is 2. The van der Waals surface area contributed by atoms with E-state index in [9.17, 15) is 9.59 Å². The Kier molecular flexibility index (Phi) is 20.7. The average molecular weight is 654 g/mol. The van der Waals surface area contributed by atoms with Crippen LogP contribution in [-0.2, 0) is 26.2 Å². The number of anilines is 2. The van der Waals surface area contributed by atoms with Crippen molar-refractivity contribution in [1.82, 2.24) is 35.1 Å². The first kappa shape index (κ1) is 39.7. The molecule has 4 aromatic rings. The van der Waals surface area contributed by atoms with Crippen LogP contribution in [0.2, 0.25) is 0 Å². The number of rotatable bonds is 13. The van der Waals surface area contributed by atoms with E-state index in [0.29, 0.717) is 24.5 Å². The van der Waals surface area contributed by atoms with E-state index in [2.05, 4.69) is 71.0 Å². The normalized spacial score (nSPS) is 9.96. The largest absolute Gasteiger partial charge is 0.334 e. The van der Waals surface area contributed by atoms with E-state index in [1.54, 1.807) is 12.4 Å². The van der Waals surface area contributed by atoms with E-state index in [0.717, 1.165) is 37.1 Å². The lowest BCUT2D eigenvalue weighted by Crippen LogP contribution is -2.27. The van der Waals surface area contributed by atoms with Crippen LogP contribution in [-0.4, -0.2) is 56.2 Å². The Bertz CT molecular complexity index is 1240. The van der Waals surface area contributed by atoms with Gasteiger partial charge in [-0.25, -0.2) is 9.59 Å². The summed E-state index contributed by atoms with van der Waals surface area (Å²) in [5.41, 5.74) is 3.55. The smallest absolute Gasteiger partial charge is 0.319 e. The van der Waals surface area contributed by atoms with Gasteiger partial charge in [0.1, 0.15) is 0 Å². The Labute approximate surface area is 280 Å². The Morgan fingerprint density at radius 2 is 1.00 bits per heavy atom. The van der Waals surface area contributed by atoms with Crippen LogP contribution in [0.1, 0.15) is 58.6 Å². The third kappa shape index (κ3) is 16.6. The molecule has 4 amide bonds. The number of halogens is 1. The Hall–Kier alpha value is -4.35. The van der Waals surface area contributed by atoms with Gasteiger partial charge in [0.15, 0.2) is 0 Å². The number of nitrogens with one attached hydrogen (secondary N) is 4. The van der Waals surface area contributed by atoms with Crippen molar-refractivity contribution in [3.8, 4) is 0 Å². The molecule has 2 aromatic carbocycles. The van der Waals surface area contributed by atoms with Crippen LogP contribution in [0.4, 0.5) is 21.0 Å². The SMILES string of the molecule is CCCn1cc(NC(=O)NCc2ccccc2)cn1.CCCn1cc(NC(=O)NCc2ccccc2)cn1.CCN(CC)CC.Cl. The van der Waals surface area contributed by atoms with Crippen LogP contribution in [0.25, 0.3) is 0 Å². The number of urea groups is 2. The van der Waals surface area contributed by atoms with Gasteiger partial charge in [-0.3, -0.25) is 9.36 Å². The zero-order valence-electron chi connectivity index (χ0n) is 27.9. The zero-order valence-corrected chi connectivity index (χ0v) is 28.7. The van der Waals surface area contributed by atoms with Crippen LogP contribution in [0.3, 0.4) is 0 Å². The van der Waals surface area contributed by atoms with E-state index >= 15 is 0 Å². The molecule has 2 aromatic heterocycles. The molecule has 4 rings (SSSR count). The van der Waals surface area contributed by atoms with Crippen molar-refractivity contribution in [2.75, 3.05) is 30.3 Å². The number of amides is 4. The molecule has 0 saturated heterocycles. The Morgan fingerprint density at radius 1 is 0.630 bits per heavy atom. The number of hydrogen-bond donors (Lipinski definition) is 4. The molecule has 0 bridgehead atoms. The maximum atomic E-state index is 11.7. The zero-order chi connectivity index (χ0) is 32.7. The van der Waals surface area contributed by atoms with Crippen LogP contribution in [0, 0.1) is 0 Å². The molecular formula is C34H52ClN9O2. The molecule has 0 aliphatic rings. The van der Waals surface area contributed by atoms with Crippen molar-refractivity contribution >= 4 is 35.8 Å². The van der Waals surface area contributed by atoms with E-state index in [4.69, 9.17) is 0 Å². The van der Waals surface area contributed by atoms with Crippen molar-refractivity contribution in [3.63, 3.8) is 0 Å². The Balaban J connectivity index is 0.000000376. The third-order valence-corrected chi connectivity index (χ3v) is 6.62. The summed E-state index contributed by atoms with van der Waals surface area (Å²) in [6.07, 6.45) is 8.98. The van der Waals surface area contributed by atoms with Gasteiger partial charge in [0, 0.05) is 38.6 Å². The number of aromatic nitrogens is 4. The monoisotopic (exact) mass is 653 g/mol. The first-order valence-corrected chi connectivity index (χ1v) is 15.8. The van der Waals surface area contributed by atoms with Crippen LogP contribution in [0.15, 0.2) is 85.5 Å². The van der Waals surface area contributed by atoms with E-state index < -0.39 is 0 Å². The highest BCUT2D eigenvalue weighted by atomic mass is 35.5. The molecule has 252 valence electrons. The second-order valence-electron chi connectivity index (χ2n) is 10.2. The van der Waals surface area contributed by atoms with Crippen LogP contribution in [0.5, 0.6) is 0 Å². The third-order valence-electron chi connectivity index (χ3n) is 6.62. The predicted molar refractivity (Wildman–Crippen MR) is 190 cm³/mol. The van der Waals surface area contributed by atoms with Gasteiger partial charge >= 0.3 is 12.1 Å². The van der Waals surface area contributed by atoms with Gasteiger partial charge in [0.05, 0.1) is 23.8 Å². The molecule has 12 heteroatoms. The van der Waals surface area contributed by atoms with Gasteiger partial charge in [-0.05, 0) is 43.6 Å². The summed E-state index contributed by atoms with van der Waals surface area (Å²) in [4.78, 5) is 25.8. The highest BCUT2D eigenvalue weighted by Gasteiger charge is 2.05. The van der Waals surface area contributed by atoms with Crippen LogP contribution < -0.4 is 21.3 Å². The number of hydrogen-bond acceptors (Lipinski definition) is 5. The minimum atomic E-state index is -0.222. The maximum absolute atomic E-state index is 11.7. The predicted octanol–water partition coefficient (Wildman–Crippen LogP) is 7.00. The van der Waals surface area contributed by atoms with Crippen molar-refractivity contribution < 1.29 is 9.59 Å². The highest BCUT2D eigenvalue weighted by molar-refractivity contribution is 5.89. The van der Waals surface area contributed by atoms with Crippen molar-refractivity contribution in [1.29, 1.82) is 0 Å². The van der Waals surface area contributed by atoms with Crippen molar-refractivity contribution in [3.05, 3.63) is 96.6 Å². The number of aryl methyl sites for hydroxylation is 2. The summed E-state index contributed by atoms with van der Waals surface area (Å²) in [6, 6.07) is 19.1.